The number of aryl methyl sites for hydroxylation is 1. The van der Waals surface area contributed by atoms with Crippen molar-refractivity contribution in [3.05, 3.63) is 70.6 Å². The van der Waals surface area contributed by atoms with Gasteiger partial charge in [0.05, 0.1) is 0 Å². The summed E-state index contributed by atoms with van der Waals surface area (Å²) in [5, 5.41) is 0.696. The molecule has 0 bridgehead atoms. The Morgan fingerprint density at radius 1 is 1.00 bits per heavy atom. The summed E-state index contributed by atoms with van der Waals surface area (Å²) in [5.74, 6) is 0.0864. The Labute approximate surface area is 126 Å². The van der Waals surface area contributed by atoms with E-state index in [2.05, 4.69) is 0 Å². The van der Waals surface area contributed by atoms with E-state index in [9.17, 15) is 13.2 Å². The van der Waals surface area contributed by atoms with Crippen LogP contribution >= 0.6 is 0 Å². The van der Waals surface area contributed by atoms with Crippen molar-refractivity contribution in [3.63, 3.8) is 0 Å². The number of hydrogen-bond donors (Lipinski definition) is 0. The fourth-order valence-electron chi connectivity index (χ4n) is 2.01. The van der Waals surface area contributed by atoms with Gasteiger partial charge >= 0.3 is 15.7 Å². The predicted molar refractivity (Wildman–Crippen MR) is 81.5 cm³/mol. The minimum absolute atomic E-state index is 0.0560. The van der Waals surface area contributed by atoms with Crippen molar-refractivity contribution in [1.82, 2.24) is 0 Å². The first kappa shape index (κ1) is 14.3. The van der Waals surface area contributed by atoms with Gasteiger partial charge < -0.3 is 8.60 Å². The van der Waals surface area contributed by atoms with Gasteiger partial charge in [-0.2, -0.15) is 8.42 Å². The van der Waals surface area contributed by atoms with E-state index in [0.717, 1.165) is 0 Å². The highest BCUT2D eigenvalue weighted by Crippen LogP contribution is 2.23. The summed E-state index contributed by atoms with van der Waals surface area (Å²) >= 11 is 0. The number of rotatable bonds is 3. The molecule has 3 rings (SSSR count). The van der Waals surface area contributed by atoms with Crippen LogP contribution in [0.25, 0.3) is 11.0 Å². The van der Waals surface area contributed by atoms with Crippen LogP contribution in [0.1, 0.15) is 5.56 Å². The standard InChI is InChI=1S/C16H12O5S/c1-11-9-12-7-8-13(10-15(12)20-16(11)17)21-22(18,19)14-5-3-2-4-6-14/h2-10H,1H3. The quantitative estimate of drug-likeness (QED) is 0.549. The van der Waals surface area contributed by atoms with Gasteiger partial charge in [-0.25, -0.2) is 4.79 Å². The van der Waals surface area contributed by atoms with Crippen LogP contribution in [-0.4, -0.2) is 8.42 Å². The summed E-state index contributed by atoms with van der Waals surface area (Å²) in [6.45, 7) is 1.65. The van der Waals surface area contributed by atoms with Gasteiger partial charge in [-0.3, -0.25) is 0 Å². The van der Waals surface area contributed by atoms with Crippen molar-refractivity contribution in [2.24, 2.45) is 0 Å². The Balaban J connectivity index is 2.01. The van der Waals surface area contributed by atoms with Gasteiger partial charge in [-0.05, 0) is 37.3 Å². The molecule has 0 radical (unpaired) electrons. The minimum Gasteiger partial charge on any atom is -0.422 e. The van der Waals surface area contributed by atoms with E-state index in [1.54, 1.807) is 37.3 Å². The third-order valence-corrected chi connectivity index (χ3v) is 4.38. The van der Waals surface area contributed by atoms with Gasteiger partial charge in [0.15, 0.2) is 0 Å². The number of hydrogen-bond acceptors (Lipinski definition) is 5. The molecule has 6 heteroatoms. The zero-order chi connectivity index (χ0) is 15.7. The SMILES string of the molecule is Cc1cc2ccc(OS(=O)(=O)c3ccccc3)cc2oc1=O. The van der Waals surface area contributed by atoms with Crippen molar-refractivity contribution in [2.75, 3.05) is 0 Å². The minimum atomic E-state index is -3.92. The molecule has 0 atom stereocenters. The van der Waals surface area contributed by atoms with Crippen molar-refractivity contribution in [2.45, 2.75) is 11.8 Å². The third-order valence-electron chi connectivity index (χ3n) is 3.12. The molecule has 0 N–H and O–H groups in total. The Bertz CT molecular complexity index is 988. The van der Waals surface area contributed by atoms with Crippen LogP contribution in [0, 0.1) is 6.92 Å². The molecule has 0 spiro atoms. The number of benzene rings is 2. The lowest BCUT2D eigenvalue weighted by Gasteiger charge is -2.07. The van der Waals surface area contributed by atoms with E-state index >= 15 is 0 Å². The smallest absolute Gasteiger partial charge is 0.339 e. The molecule has 0 aliphatic heterocycles. The highest BCUT2D eigenvalue weighted by molar-refractivity contribution is 7.87. The Morgan fingerprint density at radius 2 is 1.73 bits per heavy atom. The van der Waals surface area contributed by atoms with Crippen LogP contribution in [0.3, 0.4) is 0 Å². The van der Waals surface area contributed by atoms with E-state index in [1.165, 1.54) is 24.3 Å². The van der Waals surface area contributed by atoms with Crippen LogP contribution in [0.2, 0.25) is 0 Å². The molecule has 22 heavy (non-hydrogen) atoms. The summed E-state index contributed by atoms with van der Waals surface area (Å²) in [6.07, 6.45) is 0. The largest absolute Gasteiger partial charge is 0.422 e. The van der Waals surface area contributed by atoms with Crippen molar-refractivity contribution in [1.29, 1.82) is 0 Å². The first-order chi connectivity index (χ1) is 10.5. The normalized spacial score (nSPS) is 11.5. The molecule has 0 amide bonds. The fraction of sp³-hybridized carbons (Fsp3) is 0.0625. The third kappa shape index (κ3) is 2.73. The Kier molecular flexibility index (Phi) is 3.46. The van der Waals surface area contributed by atoms with Gasteiger partial charge in [0.2, 0.25) is 0 Å². The van der Waals surface area contributed by atoms with E-state index in [1.807, 2.05) is 0 Å². The maximum Gasteiger partial charge on any atom is 0.339 e. The van der Waals surface area contributed by atoms with E-state index in [-0.39, 0.29) is 16.2 Å². The van der Waals surface area contributed by atoms with Crippen molar-refractivity contribution >= 4 is 21.1 Å². The zero-order valence-electron chi connectivity index (χ0n) is 11.6. The zero-order valence-corrected chi connectivity index (χ0v) is 12.5. The van der Waals surface area contributed by atoms with Gasteiger partial charge in [-0.15, -0.1) is 0 Å². The van der Waals surface area contributed by atoms with Crippen LogP contribution in [0.15, 0.2) is 68.7 Å². The predicted octanol–water partition coefficient (Wildman–Crippen LogP) is 2.87. The lowest BCUT2D eigenvalue weighted by molar-refractivity contribution is 0.485. The molecule has 3 aromatic rings. The van der Waals surface area contributed by atoms with Crippen molar-refractivity contribution < 1.29 is 17.0 Å². The fourth-order valence-corrected chi connectivity index (χ4v) is 2.95. The van der Waals surface area contributed by atoms with Crippen LogP contribution < -0.4 is 9.81 Å². The average Bonchev–Trinajstić information content (AvgIpc) is 2.49. The monoisotopic (exact) mass is 316 g/mol. The highest BCUT2D eigenvalue weighted by Gasteiger charge is 2.16. The molecule has 0 aliphatic carbocycles. The van der Waals surface area contributed by atoms with Crippen LogP contribution in [0.4, 0.5) is 0 Å². The van der Waals surface area contributed by atoms with Crippen LogP contribution in [0.5, 0.6) is 5.75 Å². The molecule has 112 valence electrons. The van der Waals surface area contributed by atoms with E-state index in [4.69, 9.17) is 8.60 Å². The van der Waals surface area contributed by atoms with Gasteiger partial charge in [0, 0.05) is 17.0 Å². The lowest BCUT2D eigenvalue weighted by Crippen LogP contribution is -2.09. The Hall–Kier alpha value is -2.60. The second-order valence-electron chi connectivity index (χ2n) is 4.77. The summed E-state index contributed by atoms with van der Waals surface area (Å²) in [5.41, 5.74) is 0.296. The van der Waals surface area contributed by atoms with Crippen LogP contribution in [-0.2, 0) is 10.1 Å². The lowest BCUT2D eigenvalue weighted by atomic mass is 10.2. The van der Waals surface area contributed by atoms with Gasteiger partial charge in [0.1, 0.15) is 16.2 Å². The molecule has 0 saturated heterocycles. The maximum absolute atomic E-state index is 12.1. The molecule has 0 saturated carbocycles. The molecule has 1 aromatic heterocycles. The molecule has 0 fully saturated rings. The van der Waals surface area contributed by atoms with Gasteiger partial charge in [-0.1, -0.05) is 18.2 Å². The molecular formula is C16H12O5S. The second-order valence-corrected chi connectivity index (χ2v) is 6.31. The summed E-state index contributed by atoms with van der Waals surface area (Å²) < 4.78 is 34.5. The van der Waals surface area contributed by atoms with Crippen molar-refractivity contribution in [3.8, 4) is 5.75 Å². The second kappa shape index (κ2) is 5.31. The number of fused-ring (bicyclic) bond motifs is 1. The van der Waals surface area contributed by atoms with E-state index in [0.29, 0.717) is 10.9 Å². The molecular weight excluding hydrogens is 304 g/mol. The average molecular weight is 316 g/mol. The Morgan fingerprint density at radius 3 is 2.45 bits per heavy atom. The molecule has 1 heterocycles. The topological polar surface area (TPSA) is 73.6 Å². The summed E-state index contributed by atoms with van der Waals surface area (Å²) in [4.78, 5) is 11.6. The highest BCUT2D eigenvalue weighted by atomic mass is 32.2. The first-order valence-corrected chi connectivity index (χ1v) is 7.90. The summed E-state index contributed by atoms with van der Waals surface area (Å²) in [6, 6.07) is 14.0. The first-order valence-electron chi connectivity index (χ1n) is 6.50. The molecule has 5 nitrogen and oxygen atoms in total. The maximum atomic E-state index is 12.1. The summed E-state index contributed by atoms with van der Waals surface area (Å²) in [7, 11) is -3.92. The van der Waals surface area contributed by atoms with Gasteiger partial charge in [0.25, 0.3) is 0 Å². The van der Waals surface area contributed by atoms with E-state index < -0.39 is 15.7 Å². The molecule has 0 unspecified atom stereocenters. The molecule has 2 aromatic carbocycles. The molecule has 0 aliphatic rings.